The minimum atomic E-state index is -4.15. The Hall–Kier alpha value is -5.54. The summed E-state index contributed by atoms with van der Waals surface area (Å²) < 4.78 is 49.9. The molecule has 0 bridgehead atoms. The molecule has 1 aliphatic rings. The maximum Gasteiger partial charge on any atom is 0.269 e. The first-order valence-electron chi connectivity index (χ1n) is 15.7. The lowest BCUT2D eigenvalue weighted by atomic mass is 10.1. The van der Waals surface area contributed by atoms with Crippen LogP contribution in [0.15, 0.2) is 65.7 Å². The highest BCUT2D eigenvalue weighted by atomic mass is 32.2. The number of hydrogen-bond acceptors (Lipinski definition) is 10. The molecule has 3 N–H and O–H groups in total. The van der Waals surface area contributed by atoms with Crippen LogP contribution in [0, 0.1) is 19.7 Å². The zero-order valence-corrected chi connectivity index (χ0v) is 29.3. The molecule has 13 nitrogen and oxygen atoms in total. The van der Waals surface area contributed by atoms with Gasteiger partial charge in [-0.25, -0.2) is 16.8 Å². The van der Waals surface area contributed by atoms with Gasteiger partial charge in [-0.1, -0.05) is 23.8 Å². The Kier molecular flexibility index (Phi) is 9.20. The number of nitrogens with one attached hydrogen (secondary N) is 3. The summed E-state index contributed by atoms with van der Waals surface area (Å²) in [6.07, 6.45) is 2.09. The lowest BCUT2D eigenvalue weighted by molar-refractivity contribution is -0.119. The standard InChI is InChI=1S/C35H37FN8O5S/c1-20-10-12-23(13-11-20)50(47,48)44-18-21(2)30-32(38-25-9-7-8-24(36)31(25)34(46)37-3)40-35(41-33(30)44)39-26-17-27-22(16-28(26)49-6)14-15-43(27)29(45)19-42(4)5/h7-13,16-18H,14-15,19H2,1-6H3,(H,37,46)(H2,38,39,40,41). The number of aryl methyl sites for hydroxylation is 2. The number of ether oxygens (including phenoxy) is 1. The number of anilines is 5. The van der Waals surface area contributed by atoms with Crippen molar-refractivity contribution >= 4 is 61.7 Å². The first-order valence-corrected chi connectivity index (χ1v) is 17.2. The van der Waals surface area contributed by atoms with E-state index >= 15 is 4.39 Å². The summed E-state index contributed by atoms with van der Waals surface area (Å²) in [7, 11) is 2.41. The molecule has 0 aliphatic carbocycles. The molecule has 0 unspecified atom stereocenters. The van der Waals surface area contributed by atoms with E-state index in [1.165, 1.54) is 50.7 Å². The van der Waals surface area contributed by atoms with E-state index in [9.17, 15) is 18.0 Å². The van der Waals surface area contributed by atoms with Crippen LogP contribution in [0.5, 0.6) is 5.75 Å². The monoisotopic (exact) mass is 700 g/mol. The summed E-state index contributed by atoms with van der Waals surface area (Å²) in [5.41, 5.74) is 3.35. The zero-order chi connectivity index (χ0) is 35.9. The van der Waals surface area contributed by atoms with Crippen LogP contribution in [-0.4, -0.2) is 80.4 Å². The van der Waals surface area contributed by atoms with Crippen molar-refractivity contribution in [1.82, 2.24) is 24.2 Å². The molecule has 0 atom stereocenters. The van der Waals surface area contributed by atoms with Crippen molar-refractivity contribution in [2.24, 2.45) is 0 Å². The number of carbonyl (C=O) groups is 2. The number of halogens is 1. The number of rotatable bonds is 10. The molecule has 15 heteroatoms. The maximum atomic E-state index is 15.0. The summed E-state index contributed by atoms with van der Waals surface area (Å²) >= 11 is 0. The van der Waals surface area contributed by atoms with Crippen LogP contribution >= 0.6 is 0 Å². The fourth-order valence-corrected chi connectivity index (χ4v) is 7.32. The Balaban J connectivity index is 1.53. The number of benzene rings is 3. The van der Waals surface area contributed by atoms with E-state index in [0.29, 0.717) is 41.0 Å². The Morgan fingerprint density at radius 2 is 1.76 bits per heavy atom. The third-order valence-corrected chi connectivity index (χ3v) is 10.1. The number of fused-ring (bicyclic) bond motifs is 2. The maximum absolute atomic E-state index is 15.0. The van der Waals surface area contributed by atoms with Gasteiger partial charge in [0.25, 0.3) is 15.9 Å². The van der Waals surface area contributed by atoms with Gasteiger partial charge in [-0.15, -0.1) is 0 Å². The van der Waals surface area contributed by atoms with Crippen molar-refractivity contribution in [3.8, 4) is 5.75 Å². The summed E-state index contributed by atoms with van der Waals surface area (Å²) in [6.45, 7) is 4.31. The van der Waals surface area contributed by atoms with Crippen LogP contribution in [0.1, 0.15) is 27.0 Å². The first kappa shape index (κ1) is 34.3. The number of hydrogen-bond donors (Lipinski definition) is 3. The van der Waals surface area contributed by atoms with Crippen LogP contribution in [0.2, 0.25) is 0 Å². The molecule has 260 valence electrons. The molecule has 0 radical (unpaired) electrons. The second-order valence-electron chi connectivity index (χ2n) is 12.2. The molecule has 1 aliphatic heterocycles. The molecule has 6 rings (SSSR count). The van der Waals surface area contributed by atoms with Crippen LogP contribution in [0.25, 0.3) is 11.0 Å². The molecule has 3 heterocycles. The summed E-state index contributed by atoms with van der Waals surface area (Å²) in [5.74, 6) is -0.946. The van der Waals surface area contributed by atoms with Gasteiger partial charge >= 0.3 is 0 Å². The quantitative estimate of drug-likeness (QED) is 0.187. The summed E-state index contributed by atoms with van der Waals surface area (Å²) in [5, 5.41) is 9.02. The molecule has 0 spiro atoms. The van der Waals surface area contributed by atoms with Gasteiger partial charge in [0.15, 0.2) is 5.65 Å². The number of likely N-dealkylation sites (N-methyl/N-ethyl adjacent to an activating group) is 1. The van der Waals surface area contributed by atoms with Gasteiger partial charge in [0, 0.05) is 25.5 Å². The van der Waals surface area contributed by atoms with Crippen molar-refractivity contribution in [1.29, 1.82) is 0 Å². The van der Waals surface area contributed by atoms with Gasteiger partial charge in [-0.2, -0.15) is 9.97 Å². The molecular formula is C35H37FN8O5S. The topological polar surface area (TPSA) is 151 Å². The summed E-state index contributed by atoms with van der Waals surface area (Å²) in [4.78, 5) is 38.8. The van der Waals surface area contributed by atoms with Crippen LogP contribution in [0.4, 0.5) is 33.2 Å². The molecule has 3 aromatic carbocycles. The van der Waals surface area contributed by atoms with Crippen molar-refractivity contribution in [2.75, 3.05) is 56.9 Å². The predicted molar refractivity (Wildman–Crippen MR) is 190 cm³/mol. The van der Waals surface area contributed by atoms with E-state index in [1.807, 2.05) is 27.1 Å². The van der Waals surface area contributed by atoms with E-state index in [1.54, 1.807) is 34.9 Å². The number of nitrogens with zero attached hydrogens (tertiary/aromatic N) is 5. The largest absolute Gasteiger partial charge is 0.495 e. The molecule has 5 aromatic rings. The van der Waals surface area contributed by atoms with E-state index < -0.39 is 21.7 Å². The van der Waals surface area contributed by atoms with E-state index in [0.717, 1.165) is 15.1 Å². The fourth-order valence-electron chi connectivity index (χ4n) is 5.95. The van der Waals surface area contributed by atoms with Crippen molar-refractivity contribution < 1.29 is 27.1 Å². The Labute approximate surface area is 289 Å². The predicted octanol–water partition coefficient (Wildman–Crippen LogP) is 4.73. The molecule has 2 aromatic heterocycles. The minimum Gasteiger partial charge on any atom is -0.495 e. The number of aromatic nitrogens is 3. The van der Waals surface area contributed by atoms with Gasteiger partial charge in [-0.3, -0.25) is 9.59 Å². The fraction of sp³-hybridized carbons (Fsp3) is 0.257. The highest BCUT2D eigenvalue weighted by Crippen LogP contribution is 2.40. The second kappa shape index (κ2) is 13.4. The van der Waals surface area contributed by atoms with Crippen molar-refractivity contribution in [2.45, 2.75) is 25.2 Å². The highest BCUT2D eigenvalue weighted by molar-refractivity contribution is 7.90. The molecule has 2 amide bonds. The van der Waals surface area contributed by atoms with Gasteiger partial charge in [0.05, 0.1) is 40.9 Å². The van der Waals surface area contributed by atoms with Crippen LogP contribution in [-0.2, 0) is 21.2 Å². The van der Waals surface area contributed by atoms with E-state index in [-0.39, 0.29) is 46.0 Å². The van der Waals surface area contributed by atoms with Gasteiger partial charge in [0.2, 0.25) is 11.9 Å². The number of amides is 2. The van der Waals surface area contributed by atoms with Crippen molar-refractivity contribution in [3.63, 3.8) is 0 Å². The van der Waals surface area contributed by atoms with Crippen molar-refractivity contribution in [3.05, 3.63) is 88.9 Å². The van der Waals surface area contributed by atoms with Gasteiger partial charge in [0.1, 0.15) is 17.4 Å². The molecule has 50 heavy (non-hydrogen) atoms. The normalized spacial score (nSPS) is 12.7. The lowest BCUT2D eigenvalue weighted by Gasteiger charge is -2.21. The third kappa shape index (κ3) is 6.32. The average molecular weight is 701 g/mol. The van der Waals surface area contributed by atoms with Gasteiger partial charge < -0.3 is 30.5 Å². The lowest BCUT2D eigenvalue weighted by Crippen LogP contribution is -2.36. The SMILES string of the molecule is CNC(=O)c1c(F)cccc1Nc1nc(Nc2cc3c(cc2OC)CCN3C(=O)CN(C)C)nc2c1c(C)cn2S(=O)(=O)c1ccc(C)cc1. The first-order chi connectivity index (χ1) is 23.8. The van der Waals surface area contributed by atoms with E-state index in [4.69, 9.17) is 9.72 Å². The van der Waals surface area contributed by atoms with E-state index in [2.05, 4.69) is 20.9 Å². The average Bonchev–Trinajstić information content (AvgIpc) is 3.65. The van der Waals surface area contributed by atoms with Crippen LogP contribution < -0.4 is 25.6 Å². The molecule has 0 fully saturated rings. The Morgan fingerprint density at radius 1 is 1.02 bits per heavy atom. The highest BCUT2D eigenvalue weighted by Gasteiger charge is 2.29. The van der Waals surface area contributed by atoms with Gasteiger partial charge in [-0.05, 0) is 81.9 Å². The summed E-state index contributed by atoms with van der Waals surface area (Å²) in [6, 6.07) is 14.2. The Bertz CT molecular complexity index is 2250. The molecule has 0 saturated heterocycles. The number of carbonyl (C=O) groups excluding carboxylic acids is 2. The molecule has 0 saturated carbocycles. The zero-order valence-electron chi connectivity index (χ0n) is 28.5. The van der Waals surface area contributed by atoms with Crippen LogP contribution in [0.3, 0.4) is 0 Å². The smallest absolute Gasteiger partial charge is 0.269 e. The second-order valence-corrected chi connectivity index (χ2v) is 14.0. The number of methoxy groups -OCH3 is 1. The third-order valence-electron chi connectivity index (χ3n) is 8.40. The molecular weight excluding hydrogens is 664 g/mol. The minimum absolute atomic E-state index is 0.0289. The Morgan fingerprint density at radius 3 is 2.44 bits per heavy atom.